The summed E-state index contributed by atoms with van der Waals surface area (Å²) in [5.74, 6) is -0.157. The third-order valence-electron chi connectivity index (χ3n) is 1.78. The summed E-state index contributed by atoms with van der Waals surface area (Å²) in [7, 11) is 0. The maximum absolute atomic E-state index is 9.48. The highest BCUT2D eigenvalue weighted by Crippen LogP contribution is 2.40. The lowest BCUT2D eigenvalue weighted by Gasteiger charge is -2.08. The minimum absolute atomic E-state index is 0.0783. The molecule has 4 heteroatoms. The number of aromatic hydroxyl groups is 2. The molecule has 2 nitrogen and oxygen atoms in total. The number of rotatable bonds is 2. The van der Waals surface area contributed by atoms with Crippen LogP contribution in [-0.2, 0) is 6.42 Å². The van der Waals surface area contributed by atoms with E-state index in [2.05, 4.69) is 0 Å². The minimum Gasteiger partial charge on any atom is -0.506 e. The van der Waals surface area contributed by atoms with Gasteiger partial charge in [-0.3, -0.25) is 0 Å². The maximum atomic E-state index is 9.48. The second-order valence-corrected chi connectivity index (χ2v) is 3.58. The van der Waals surface area contributed by atoms with Crippen molar-refractivity contribution in [2.45, 2.75) is 19.8 Å². The lowest BCUT2D eigenvalue weighted by molar-refractivity contribution is 0.438. The molecule has 2 N–H and O–H groups in total. The van der Waals surface area contributed by atoms with E-state index in [1.807, 2.05) is 6.92 Å². The van der Waals surface area contributed by atoms with Crippen LogP contribution in [0.1, 0.15) is 18.9 Å². The van der Waals surface area contributed by atoms with E-state index in [1.54, 1.807) is 0 Å². The molecule has 1 aromatic carbocycles. The van der Waals surface area contributed by atoms with Crippen LogP contribution in [0.2, 0.25) is 10.0 Å². The summed E-state index contributed by atoms with van der Waals surface area (Å²) in [6.45, 7) is 1.94. The first kappa shape index (κ1) is 10.5. The molecule has 72 valence electrons. The third kappa shape index (κ3) is 2.01. The van der Waals surface area contributed by atoms with Gasteiger partial charge in [-0.05, 0) is 12.5 Å². The van der Waals surface area contributed by atoms with Crippen molar-refractivity contribution in [2.75, 3.05) is 0 Å². The Hall–Kier alpha value is -0.600. The van der Waals surface area contributed by atoms with Gasteiger partial charge in [0.15, 0.2) is 0 Å². The number of phenolic OH excluding ortho intramolecular Hbond substituents is 2. The Morgan fingerprint density at radius 3 is 2.00 bits per heavy atom. The summed E-state index contributed by atoms with van der Waals surface area (Å²) in [4.78, 5) is 0. The van der Waals surface area contributed by atoms with Gasteiger partial charge in [-0.25, -0.2) is 0 Å². The van der Waals surface area contributed by atoms with E-state index in [0.717, 1.165) is 6.42 Å². The molecule has 1 aromatic rings. The third-order valence-corrected chi connectivity index (χ3v) is 2.35. The largest absolute Gasteiger partial charge is 0.506 e. The molecule has 0 spiro atoms. The van der Waals surface area contributed by atoms with E-state index in [-0.39, 0.29) is 21.5 Å². The van der Waals surface area contributed by atoms with Crippen LogP contribution in [0.4, 0.5) is 0 Å². The van der Waals surface area contributed by atoms with Crippen molar-refractivity contribution in [1.82, 2.24) is 0 Å². The van der Waals surface area contributed by atoms with Gasteiger partial charge in [0.05, 0.1) is 10.0 Å². The van der Waals surface area contributed by atoms with Gasteiger partial charge < -0.3 is 10.2 Å². The summed E-state index contributed by atoms with van der Waals surface area (Å²) in [5.41, 5.74) is 0.417. The average Bonchev–Trinajstić information content (AvgIpc) is 2.09. The van der Waals surface area contributed by atoms with Crippen molar-refractivity contribution in [3.05, 3.63) is 21.7 Å². The average molecular weight is 221 g/mol. The predicted octanol–water partition coefficient (Wildman–Crippen LogP) is 3.36. The predicted molar refractivity (Wildman–Crippen MR) is 53.8 cm³/mol. The first-order valence-corrected chi connectivity index (χ1v) is 4.72. The van der Waals surface area contributed by atoms with Crippen LogP contribution in [-0.4, -0.2) is 10.2 Å². The van der Waals surface area contributed by atoms with E-state index in [4.69, 9.17) is 23.2 Å². The smallest absolute Gasteiger partial charge is 0.141 e. The molecule has 0 aliphatic rings. The summed E-state index contributed by atoms with van der Waals surface area (Å²) < 4.78 is 0. The zero-order chi connectivity index (χ0) is 10.0. The van der Waals surface area contributed by atoms with Crippen LogP contribution < -0.4 is 0 Å². The molecule has 0 atom stereocenters. The second kappa shape index (κ2) is 4.07. The van der Waals surface area contributed by atoms with Crippen LogP contribution in [0.5, 0.6) is 11.5 Å². The lowest BCUT2D eigenvalue weighted by atomic mass is 10.1. The van der Waals surface area contributed by atoms with Crippen LogP contribution in [0.25, 0.3) is 0 Å². The molecule has 0 aliphatic heterocycles. The highest BCUT2D eigenvalue weighted by molar-refractivity contribution is 6.36. The molecule has 0 amide bonds. The number of phenols is 2. The highest BCUT2D eigenvalue weighted by Gasteiger charge is 2.13. The Morgan fingerprint density at radius 2 is 1.62 bits per heavy atom. The van der Waals surface area contributed by atoms with E-state index in [0.29, 0.717) is 12.0 Å². The number of hydrogen-bond donors (Lipinski definition) is 2. The second-order valence-electron chi connectivity index (χ2n) is 2.77. The van der Waals surface area contributed by atoms with E-state index >= 15 is 0 Å². The number of hydrogen-bond acceptors (Lipinski definition) is 2. The number of benzene rings is 1. The zero-order valence-corrected chi connectivity index (χ0v) is 8.65. The van der Waals surface area contributed by atoms with Crippen molar-refractivity contribution in [2.24, 2.45) is 0 Å². The molecule has 0 aromatic heterocycles. The van der Waals surface area contributed by atoms with Gasteiger partial charge in [-0.15, -0.1) is 0 Å². The summed E-state index contributed by atoms with van der Waals surface area (Å²) in [6.07, 6.45) is 1.36. The Kier molecular flexibility index (Phi) is 3.28. The summed E-state index contributed by atoms with van der Waals surface area (Å²) in [5, 5.41) is 19.3. The molecule has 0 aliphatic carbocycles. The summed E-state index contributed by atoms with van der Waals surface area (Å²) in [6, 6.07) is 1.33. The fourth-order valence-corrected chi connectivity index (χ4v) is 1.64. The van der Waals surface area contributed by atoms with Gasteiger partial charge in [0.1, 0.15) is 11.5 Å². The fraction of sp³-hybridized carbons (Fsp3) is 0.333. The molecule has 0 fully saturated rings. The van der Waals surface area contributed by atoms with E-state index < -0.39 is 0 Å². The van der Waals surface area contributed by atoms with Gasteiger partial charge >= 0.3 is 0 Å². The molecule has 0 saturated carbocycles. The SMILES string of the molecule is CCCc1c(O)c(Cl)cc(Cl)c1O. The van der Waals surface area contributed by atoms with E-state index in [1.165, 1.54) is 6.07 Å². The van der Waals surface area contributed by atoms with Gasteiger partial charge in [-0.2, -0.15) is 0 Å². The molecule has 0 radical (unpaired) electrons. The van der Waals surface area contributed by atoms with Crippen LogP contribution in [0, 0.1) is 0 Å². The first-order chi connectivity index (χ1) is 6.07. The fourth-order valence-electron chi connectivity index (χ4n) is 1.14. The maximum Gasteiger partial charge on any atom is 0.141 e. The minimum atomic E-state index is -0.0783. The molecule has 0 saturated heterocycles. The summed E-state index contributed by atoms with van der Waals surface area (Å²) >= 11 is 11.4. The van der Waals surface area contributed by atoms with Crippen molar-refractivity contribution in [1.29, 1.82) is 0 Å². The lowest BCUT2D eigenvalue weighted by Crippen LogP contribution is -1.87. The van der Waals surface area contributed by atoms with Crippen molar-refractivity contribution < 1.29 is 10.2 Å². The normalized spacial score (nSPS) is 10.4. The molecule has 0 unspecified atom stereocenters. The van der Waals surface area contributed by atoms with Gasteiger partial charge in [0, 0.05) is 5.56 Å². The molecule has 1 rings (SSSR count). The Bertz CT molecular complexity index is 298. The molecular formula is C9H10Cl2O2. The highest BCUT2D eigenvalue weighted by atomic mass is 35.5. The molecule has 0 heterocycles. The Morgan fingerprint density at radius 1 is 1.15 bits per heavy atom. The van der Waals surface area contributed by atoms with Crippen LogP contribution >= 0.6 is 23.2 Å². The quantitative estimate of drug-likeness (QED) is 0.803. The standard InChI is InChI=1S/C9H10Cl2O2/c1-2-3-5-8(12)6(10)4-7(11)9(5)13/h4,12-13H,2-3H2,1H3. The topological polar surface area (TPSA) is 40.5 Å². The van der Waals surface area contributed by atoms with Gasteiger partial charge in [0.25, 0.3) is 0 Å². The van der Waals surface area contributed by atoms with Crippen LogP contribution in [0.15, 0.2) is 6.07 Å². The van der Waals surface area contributed by atoms with Crippen LogP contribution in [0.3, 0.4) is 0 Å². The van der Waals surface area contributed by atoms with Crippen molar-refractivity contribution in [3.8, 4) is 11.5 Å². The number of halogens is 2. The van der Waals surface area contributed by atoms with E-state index in [9.17, 15) is 10.2 Å². The zero-order valence-electron chi connectivity index (χ0n) is 7.14. The Labute approximate surface area is 86.7 Å². The van der Waals surface area contributed by atoms with Gasteiger partial charge in [0.2, 0.25) is 0 Å². The molecule has 13 heavy (non-hydrogen) atoms. The van der Waals surface area contributed by atoms with Crippen molar-refractivity contribution >= 4 is 23.2 Å². The monoisotopic (exact) mass is 220 g/mol. The Balaban J connectivity index is 3.28. The van der Waals surface area contributed by atoms with Crippen molar-refractivity contribution in [3.63, 3.8) is 0 Å². The molecule has 0 bridgehead atoms. The first-order valence-electron chi connectivity index (χ1n) is 3.96. The molecular weight excluding hydrogens is 211 g/mol. The van der Waals surface area contributed by atoms with Gasteiger partial charge in [-0.1, -0.05) is 36.5 Å².